The normalized spacial score (nSPS) is 11.5. The smallest absolute Gasteiger partial charge is 0.287 e. The van der Waals surface area contributed by atoms with E-state index in [9.17, 15) is 9.90 Å². The maximum Gasteiger partial charge on any atom is 0.287 e. The quantitative estimate of drug-likeness (QED) is 0.721. The van der Waals surface area contributed by atoms with Crippen molar-refractivity contribution >= 4 is 17.3 Å². The molecular formula is C14H12N4O3. The predicted octanol–water partition coefficient (Wildman–Crippen LogP) is 1.59. The van der Waals surface area contributed by atoms with E-state index in [1.54, 1.807) is 38.1 Å². The van der Waals surface area contributed by atoms with Gasteiger partial charge in [-0.3, -0.25) is 4.79 Å². The Balaban J connectivity index is 2.10. The van der Waals surface area contributed by atoms with Crippen molar-refractivity contribution in [3.05, 3.63) is 51.7 Å². The van der Waals surface area contributed by atoms with E-state index in [0.29, 0.717) is 16.9 Å². The van der Waals surface area contributed by atoms with Gasteiger partial charge in [-0.15, -0.1) is 0 Å². The van der Waals surface area contributed by atoms with E-state index in [2.05, 4.69) is 15.2 Å². The fourth-order valence-corrected chi connectivity index (χ4v) is 1.95. The fraction of sp³-hybridized carbons (Fsp3) is 0.143. The van der Waals surface area contributed by atoms with E-state index in [1.165, 1.54) is 10.9 Å². The number of aromatic nitrogens is 3. The Morgan fingerprint density at radius 2 is 2.00 bits per heavy atom. The van der Waals surface area contributed by atoms with E-state index in [1.807, 2.05) is 0 Å². The molecule has 1 aromatic carbocycles. The lowest BCUT2D eigenvalue weighted by Crippen LogP contribution is -2.20. The third-order valence-electron chi connectivity index (χ3n) is 3.04. The number of benzene rings is 1. The lowest BCUT2D eigenvalue weighted by Gasteiger charge is -2.02. The van der Waals surface area contributed by atoms with E-state index >= 15 is 0 Å². The summed E-state index contributed by atoms with van der Waals surface area (Å²) >= 11 is 0. The highest BCUT2D eigenvalue weighted by molar-refractivity contribution is 5.80. The lowest BCUT2D eigenvalue weighted by molar-refractivity contribution is 0.441. The van der Waals surface area contributed by atoms with Crippen LogP contribution in [0.2, 0.25) is 0 Å². The highest BCUT2D eigenvalue weighted by atomic mass is 16.5. The van der Waals surface area contributed by atoms with Crippen LogP contribution in [0.4, 0.5) is 0 Å². The first-order chi connectivity index (χ1) is 10.1. The van der Waals surface area contributed by atoms with Crippen molar-refractivity contribution in [2.45, 2.75) is 13.8 Å². The molecule has 2 heterocycles. The molecule has 0 atom stereocenters. The SMILES string of the molecule is Cc1noc2nc(C)n(/N=C/c3ccc(O)cc3)c(=O)c12. The second-order valence-corrected chi connectivity index (χ2v) is 4.56. The van der Waals surface area contributed by atoms with Gasteiger partial charge in [-0.2, -0.15) is 14.8 Å². The van der Waals surface area contributed by atoms with Gasteiger partial charge in [-0.1, -0.05) is 5.16 Å². The molecule has 0 saturated carbocycles. The molecule has 21 heavy (non-hydrogen) atoms. The van der Waals surface area contributed by atoms with Crippen LogP contribution in [0.1, 0.15) is 17.1 Å². The van der Waals surface area contributed by atoms with Gasteiger partial charge in [0.1, 0.15) is 17.0 Å². The number of fused-ring (bicyclic) bond motifs is 1. The predicted molar refractivity (Wildman–Crippen MR) is 76.6 cm³/mol. The number of aromatic hydroxyl groups is 1. The van der Waals surface area contributed by atoms with Gasteiger partial charge in [0.25, 0.3) is 11.3 Å². The van der Waals surface area contributed by atoms with Crippen LogP contribution in [0.5, 0.6) is 5.75 Å². The summed E-state index contributed by atoms with van der Waals surface area (Å²) < 4.78 is 6.18. The van der Waals surface area contributed by atoms with Crippen molar-refractivity contribution < 1.29 is 9.63 Å². The molecule has 106 valence electrons. The van der Waals surface area contributed by atoms with Gasteiger partial charge < -0.3 is 9.63 Å². The third kappa shape index (κ3) is 2.29. The molecule has 0 spiro atoms. The number of rotatable bonds is 2. The van der Waals surface area contributed by atoms with Crippen molar-refractivity contribution in [3.8, 4) is 5.75 Å². The largest absolute Gasteiger partial charge is 0.508 e. The molecule has 0 amide bonds. The van der Waals surface area contributed by atoms with Gasteiger partial charge in [0.05, 0.1) is 11.9 Å². The highest BCUT2D eigenvalue weighted by Gasteiger charge is 2.14. The van der Waals surface area contributed by atoms with Crippen LogP contribution in [0.3, 0.4) is 0 Å². The van der Waals surface area contributed by atoms with Gasteiger partial charge in [0, 0.05) is 0 Å². The third-order valence-corrected chi connectivity index (χ3v) is 3.04. The Kier molecular flexibility index (Phi) is 3.02. The summed E-state index contributed by atoms with van der Waals surface area (Å²) in [6.07, 6.45) is 1.52. The molecule has 0 aliphatic rings. The standard InChI is InChI=1S/C14H12N4O3/c1-8-12-13(21-17-8)16-9(2)18(14(12)20)15-7-10-3-5-11(19)6-4-10/h3-7,19H,1-2H3/b15-7+. The molecule has 0 unspecified atom stereocenters. The topological polar surface area (TPSA) is 93.5 Å². The molecule has 2 aromatic heterocycles. The summed E-state index contributed by atoms with van der Waals surface area (Å²) in [5.41, 5.74) is 1.12. The summed E-state index contributed by atoms with van der Waals surface area (Å²) in [6, 6.07) is 6.47. The van der Waals surface area contributed by atoms with Crippen LogP contribution in [-0.2, 0) is 0 Å². The minimum Gasteiger partial charge on any atom is -0.508 e. The second kappa shape index (κ2) is 4.86. The molecule has 3 aromatic rings. The van der Waals surface area contributed by atoms with Crippen LogP contribution in [0, 0.1) is 13.8 Å². The molecule has 1 N–H and O–H groups in total. The highest BCUT2D eigenvalue weighted by Crippen LogP contribution is 2.12. The van der Waals surface area contributed by atoms with Gasteiger partial charge in [-0.25, -0.2) is 0 Å². The first-order valence-corrected chi connectivity index (χ1v) is 6.25. The van der Waals surface area contributed by atoms with E-state index in [0.717, 1.165) is 5.56 Å². The fourth-order valence-electron chi connectivity index (χ4n) is 1.95. The summed E-state index contributed by atoms with van der Waals surface area (Å²) in [5, 5.41) is 17.4. The van der Waals surface area contributed by atoms with E-state index in [4.69, 9.17) is 4.52 Å². The van der Waals surface area contributed by atoms with Gasteiger partial charge in [0.2, 0.25) is 0 Å². The zero-order valence-corrected chi connectivity index (χ0v) is 11.4. The van der Waals surface area contributed by atoms with Crippen molar-refractivity contribution in [1.82, 2.24) is 14.8 Å². The van der Waals surface area contributed by atoms with Crippen LogP contribution in [0.25, 0.3) is 11.1 Å². The maximum absolute atomic E-state index is 12.4. The zero-order chi connectivity index (χ0) is 15.0. The summed E-state index contributed by atoms with van der Waals surface area (Å²) in [7, 11) is 0. The molecule has 7 heteroatoms. The molecule has 0 fully saturated rings. The Hall–Kier alpha value is -2.96. The first-order valence-electron chi connectivity index (χ1n) is 6.25. The number of hydrogen-bond donors (Lipinski definition) is 1. The minimum absolute atomic E-state index is 0.170. The monoisotopic (exact) mass is 284 g/mol. The van der Waals surface area contributed by atoms with Crippen molar-refractivity contribution in [2.75, 3.05) is 0 Å². The molecule has 0 aliphatic carbocycles. The molecule has 0 aliphatic heterocycles. The average Bonchev–Trinajstić information content (AvgIpc) is 2.82. The van der Waals surface area contributed by atoms with Crippen molar-refractivity contribution in [3.63, 3.8) is 0 Å². The number of phenolic OH excluding ortho intramolecular Hbond substituents is 1. The minimum atomic E-state index is -0.328. The Labute approximate surface area is 119 Å². The first kappa shape index (κ1) is 13.0. The summed E-state index contributed by atoms with van der Waals surface area (Å²) in [4.78, 5) is 16.5. The van der Waals surface area contributed by atoms with Crippen LogP contribution >= 0.6 is 0 Å². The van der Waals surface area contributed by atoms with Crippen LogP contribution in [-0.4, -0.2) is 26.1 Å². The molecule has 0 saturated heterocycles. The average molecular weight is 284 g/mol. The summed E-state index contributed by atoms with van der Waals surface area (Å²) in [6.45, 7) is 3.34. The molecular weight excluding hydrogens is 272 g/mol. The van der Waals surface area contributed by atoms with Gasteiger partial charge in [0.15, 0.2) is 0 Å². The zero-order valence-electron chi connectivity index (χ0n) is 11.4. The number of aryl methyl sites for hydroxylation is 2. The van der Waals surface area contributed by atoms with E-state index in [-0.39, 0.29) is 17.0 Å². The van der Waals surface area contributed by atoms with Crippen molar-refractivity contribution in [2.24, 2.45) is 5.10 Å². The summed E-state index contributed by atoms with van der Waals surface area (Å²) in [5.74, 6) is 0.572. The van der Waals surface area contributed by atoms with E-state index < -0.39 is 0 Å². The molecule has 0 bridgehead atoms. The number of phenols is 1. The molecule has 7 nitrogen and oxygen atoms in total. The van der Waals surface area contributed by atoms with Gasteiger partial charge in [-0.05, 0) is 43.7 Å². The van der Waals surface area contributed by atoms with Gasteiger partial charge >= 0.3 is 0 Å². The second-order valence-electron chi connectivity index (χ2n) is 4.56. The lowest BCUT2D eigenvalue weighted by atomic mass is 10.2. The molecule has 3 rings (SSSR count). The van der Waals surface area contributed by atoms with Crippen molar-refractivity contribution in [1.29, 1.82) is 0 Å². The Morgan fingerprint density at radius 1 is 1.29 bits per heavy atom. The maximum atomic E-state index is 12.4. The molecule has 0 radical (unpaired) electrons. The Bertz CT molecular complexity index is 891. The number of hydrogen-bond acceptors (Lipinski definition) is 6. The Morgan fingerprint density at radius 3 is 2.71 bits per heavy atom. The number of nitrogens with zero attached hydrogens (tertiary/aromatic N) is 4. The van der Waals surface area contributed by atoms with Crippen LogP contribution < -0.4 is 5.56 Å². The van der Waals surface area contributed by atoms with Crippen LogP contribution in [0.15, 0.2) is 38.7 Å².